The first-order valence-corrected chi connectivity index (χ1v) is 7.03. The van der Waals surface area contributed by atoms with Crippen LogP contribution in [0.4, 0.5) is 0 Å². The number of hydrogen-bond acceptors (Lipinski definition) is 5. The summed E-state index contributed by atoms with van der Waals surface area (Å²) in [5, 5.41) is 19.6. The quantitative estimate of drug-likeness (QED) is 0.742. The van der Waals surface area contributed by atoms with Crippen molar-refractivity contribution in [1.29, 1.82) is 5.26 Å². The molecule has 0 spiro atoms. The van der Waals surface area contributed by atoms with Crippen LogP contribution in [0.2, 0.25) is 0 Å². The van der Waals surface area contributed by atoms with Crippen molar-refractivity contribution >= 4 is 11.8 Å². The number of nitrogens with zero attached hydrogens (tertiary/aromatic N) is 3. The third-order valence-corrected chi connectivity index (χ3v) is 4.17. The predicted molar refractivity (Wildman–Crippen MR) is 69.4 cm³/mol. The van der Waals surface area contributed by atoms with Crippen molar-refractivity contribution in [2.24, 2.45) is 0 Å². The van der Waals surface area contributed by atoms with E-state index in [0.29, 0.717) is 23.5 Å². The largest absolute Gasteiger partial charge is 0.343 e. The van der Waals surface area contributed by atoms with Gasteiger partial charge in [-0.25, -0.2) is 9.89 Å². The maximum absolute atomic E-state index is 11.4. The van der Waals surface area contributed by atoms with Gasteiger partial charge in [0.1, 0.15) is 5.54 Å². The zero-order chi connectivity index (χ0) is 13.2. The van der Waals surface area contributed by atoms with Crippen molar-refractivity contribution in [2.45, 2.75) is 50.0 Å². The van der Waals surface area contributed by atoms with Crippen molar-refractivity contribution < 1.29 is 0 Å². The summed E-state index contributed by atoms with van der Waals surface area (Å²) in [6.07, 6.45) is 2.29. The molecule has 0 amide bonds. The summed E-state index contributed by atoms with van der Waals surface area (Å²) < 4.78 is 1.57. The third kappa shape index (κ3) is 2.94. The van der Waals surface area contributed by atoms with E-state index in [1.165, 1.54) is 11.8 Å². The van der Waals surface area contributed by atoms with E-state index in [1.54, 1.807) is 4.57 Å². The van der Waals surface area contributed by atoms with Crippen LogP contribution in [0.3, 0.4) is 0 Å². The zero-order valence-electron chi connectivity index (χ0n) is 10.6. The van der Waals surface area contributed by atoms with E-state index in [-0.39, 0.29) is 5.69 Å². The molecule has 6 nitrogen and oxygen atoms in total. The molecule has 1 aromatic heterocycles. The lowest BCUT2D eigenvalue weighted by molar-refractivity contribution is 0.489. The minimum absolute atomic E-state index is 0.200. The molecule has 0 aromatic carbocycles. The van der Waals surface area contributed by atoms with Crippen molar-refractivity contribution in [3.05, 3.63) is 10.5 Å². The normalized spacial score (nSPS) is 18.3. The second-order valence-corrected chi connectivity index (χ2v) is 5.65. The molecule has 98 valence electrons. The van der Waals surface area contributed by atoms with Crippen LogP contribution >= 0.6 is 11.8 Å². The van der Waals surface area contributed by atoms with Crippen LogP contribution in [-0.2, 0) is 6.54 Å². The highest BCUT2D eigenvalue weighted by molar-refractivity contribution is 7.99. The Morgan fingerprint density at radius 1 is 1.72 bits per heavy atom. The topological polar surface area (TPSA) is 86.5 Å². The summed E-state index contributed by atoms with van der Waals surface area (Å²) >= 11 is 1.43. The molecule has 0 bridgehead atoms. The fourth-order valence-electron chi connectivity index (χ4n) is 1.69. The first kappa shape index (κ1) is 13.2. The highest BCUT2D eigenvalue weighted by Gasteiger charge is 2.33. The molecule has 7 heteroatoms. The average Bonchev–Trinajstić information content (AvgIpc) is 3.09. The van der Waals surface area contributed by atoms with Gasteiger partial charge < -0.3 is 0 Å². The predicted octanol–water partition coefficient (Wildman–Crippen LogP) is 0.718. The van der Waals surface area contributed by atoms with E-state index >= 15 is 0 Å². The van der Waals surface area contributed by atoms with Crippen molar-refractivity contribution in [2.75, 3.05) is 5.75 Å². The van der Waals surface area contributed by atoms with Gasteiger partial charge in [0.25, 0.3) is 0 Å². The molecule has 1 atom stereocenters. The second kappa shape index (κ2) is 5.16. The molecule has 1 unspecified atom stereocenters. The summed E-state index contributed by atoms with van der Waals surface area (Å²) in [5.74, 6) is 0.574. The highest BCUT2D eigenvalue weighted by atomic mass is 32.2. The molecule has 0 aliphatic heterocycles. The molecule has 0 saturated heterocycles. The molecule has 1 heterocycles. The van der Waals surface area contributed by atoms with E-state index in [2.05, 4.69) is 21.6 Å². The van der Waals surface area contributed by atoms with Gasteiger partial charge in [0.2, 0.25) is 0 Å². The smallest absolute Gasteiger partial charge is 0.296 e. The lowest BCUT2D eigenvalue weighted by Gasteiger charge is -2.22. The minimum atomic E-state index is -0.570. The van der Waals surface area contributed by atoms with Crippen LogP contribution in [0.25, 0.3) is 0 Å². The van der Waals surface area contributed by atoms with Gasteiger partial charge in [-0.05, 0) is 26.7 Å². The molecule has 1 aliphatic rings. The van der Waals surface area contributed by atoms with E-state index in [1.807, 2.05) is 13.8 Å². The first-order chi connectivity index (χ1) is 8.58. The van der Waals surface area contributed by atoms with Gasteiger partial charge in [-0.3, -0.25) is 9.88 Å². The summed E-state index contributed by atoms with van der Waals surface area (Å²) in [4.78, 5) is 11.4. The third-order valence-electron chi connectivity index (χ3n) is 2.88. The molecule has 1 saturated carbocycles. The fourth-order valence-corrected chi connectivity index (χ4v) is 2.73. The van der Waals surface area contributed by atoms with Crippen LogP contribution in [0, 0.1) is 11.3 Å². The van der Waals surface area contributed by atoms with Gasteiger partial charge in [0.05, 0.1) is 6.07 Å². The molecule has 2 rings (SSSR count). The Labute approximate surface area is 110 Å². The number of aromatic nitrogens is 3. The number of aromatic amines is 1. The summed E-state index contributed by atoms with van der Waals surface area (Å²) in [7, 11) is 0. The van der Waals surface area contributed by atoms with E-state index in [9.17, 15) is 10.1 Å². The maximum Gasteiger partial charge on any atom is 0.343 e. The maximum atomic E-state index is 11.4. The Bertz CT molecular complexity index is 512. The zero-order valence-corrected chi connectivity index (χ0v) is 11.4. The van der Waals surface area contributed by atoms with E-state index < -0.39 is 5.54 Å². The van der Waals surface area contributed by atoms with Crippen LogP contribution in [0.15, 0.2) is 9.95 Å². The molecular weight excluding hydrogens is 250 g/mol. The van der Waals surface area contributed by atoms with E-state index in [0.717, 1.165) is 12.8 Å². The molecule has 18 heavy (non-hydrogen) atoms. The van der Waals surface area contributed by atoms with Crippen molar-refractivity contribution in [3.63, 3.8) is 0 Å². The Kier molecular flexibility index (Phi) is 3.78. The number of H-pyrrole nitrogens is 1. The monoisotopic (exact) mass is 267 g/mol. The molecule has 1 fully saturated rings. The number of thioether (sulfide) groups is 1. The number of hydrogen-bond donors (Lipinski definition) is 2. The van der Waals surface area contributed by atoms with Gasteiger partial charge in [0.15, 0.2) is 5.16 Å². The molecule has 1 aliphatic carbocycles. The van der Waals surface area contributed by atoms with E-state index in [4.69, 9.17) is 0 Å². The Hall–Kier alpha value is -1.26. The summed E-state index contributed by atoms with van der Waals surface area (Å²) in [6, 6.07) is 2.78. The number of nitrogens with one attached hydrogen (secondary N) is 2. The van der Waals surface area contributed by atoms with Gasteiger partial charge in [-0.2, -0.15) is 5.26 Å². The molecule has 2 N–H and O–H groups in total. The van der Waals surface area contributed by atoms with Crippen LogP contribution in [0.5, 0.6) is 0 Å². The molecule has 0 radical (unpaired) electrons. The van der Waals surface area contributed by atoms with Crippen molar-refractivity contribution in [1.82, 2.24) is 20.1 Å². The SMILES string of the molecule is CCn1c(SCC(C)(C#N)NC2CC2)n[nH]c1=O. The number of rotatable bonds is 6. The highest BCUT2D eigenvalue weighted by Crippen LogP contribution is 2.25. The average molecular weight is 267 g/mol. The van der Waals surface area contributed by atoms with Crippen LogP contribution in [-0.4, -0.2) is 32.1 Å². The fraction of sp³-hybridized carbons (Fsp3) is 0.727. The second-order valence-electron chi connectivity index (χ2n) is 4.71. The Morgan fingerprint density at radius 3 is 3.00 bits per heavy atom. The molecule has 1 aromatic rings. The minimum Gasteiger partial charge on any atom is -0.296 e. The summed E-state index contributed by atoms with van der Waals surface area (Å²) in [6.45, 7) is 4.36. The van der Waals surface area contributed by atoms with Gasteiger partial charge >= 0.3 is 5.69 Å². The first-order valence-electron chi connectivity index (χ1n) is 6.05. The van der Waals surface area contributed by atoms with Gasteiger partial charge in [-0.1, -0.05) is 11.8 Å². The lowest BCUT2D eigenvalue weighted by Crippen LogP contribution is -2.44. The lowest BCUT2D eigenvalue weighted by atomic mass is 10.1. The Morgan fingerprint density at radius 2 is 2.44 bits per heavy atom. The van der Waals surface area contributed by atoms with Gasteiger partial charge in [-0.15, -0.1) is 5.10 Å². The van der Waals surface area contributed by atoms with Crippen molar-refractivity contribution in [3.8, 4) is 6.07 Å². The molecular formula is C11H17N5OS. The van der Waals surface area contributed by atoms with Crippen LogP contribution < -0.4 is 11.0 Å². The standard InChI is InChI=1S/C11H17N5OS/c1-3-16-9(17)14-15-10(16)18-7-11(2,6-12)13-8-4-5-8/h8,13H,3-5,7H2,1-2H3,(H,14,17). The van der Waals surface area contributed by atoms with Gasteiger partial charge in [0, 0.05) is 18.3 Å². The number of nitriles is 1. The summed E-state index contributed by atoms with van der Waals surface area (Å²) in [5.41, 5.74) is -0.770. The Balaban J connectivity index is 2.00. The van der Waals surface area contributed by atoms with Crippen LogP contribution in [0.1, 0.15) is 26.7 Å².